The lowest BCUT2D eigenvalue weighted by molar-refractivity contribution is 0.270. The van der Waals surface area contributed by atoms with Crippen molar-refractivity contribution in [2.24, 2.45) is 0 Å². The Morgan fingerprint density at radius 3 is 2.39 bits per heavy atom. The van der Waals surface area contributed by atoms with Crippen LogP contribution < -0.4 is 0 Å². The van der Waals surface area contributed by atoms with Gasteiger partial charge in [0.2, 0.25) is 15.9 Å². The fourth-order valence-electron chi connectivity index (χ4n) is 3.69. The first-order valence-electron chi connectivity index (χ1n) is 9.35. The first-order chi connectivity index (χ1) is 13.3. The van der Waals surface area contributed by atoms with Crippen LogP contribution in [0.15, 0.2) is 20.1 Å². The van der Waals surface area contributed by atoms with E-state index in [2.05, 4.69) is 20.5 Å². The Bertz CT molecular complexity index is 1110. The van der Waals surface area contributed by atoms with E-state index >= 15 is 0 Å². The second-order valence-electron chi connectivity index (χ2n) is 7.62. The molecule has 1 aromatic carbocycles. The van der Waals surface area contributed by atoms with Gasteiger partial charge in [-0.2, -0.15) is 9.29 Å². The topological polar surface area (TPSA) is 115 Å². The largest absolute Gasteiger partial charge is 0.339 e. The van der Waals surface area contributed by atoms with Gasteiger partial charge in [-0.05, 0) is 48.1 Å². The molecule has 1 saturated heterocycles. The fraction of sp³-hybridized carbons (Fsp3) is 0.556. The Morgan fingerprint density at radius 1 is 1.07 bits per heavy atom. The summed E-state index contributed by atoms with van der Waals surface area (Å²) in [5, 5.41) is 11.7. The highest BCUT2D eigenvalue weighted by Gasteiger charge is 2.35. The van der Waals surface area contributed by atoms with Gasteiger partial charge in [-0.25, -0.2) is 13.0 Å². The Morgan fingerprint density at radius 2 is 1.75 bits per heavy atom. The number of hydrogen-bond acceptors (Lipinski definition) is 8. The summed E-state index contributed by atoms with van der Waals surface area (Å²) in [4.78, 5) is 4.63. The smallest absolute Gasteiger partial charge is 0.245 e. The molecule has 0 unspecified atom stereocenters. The van der Waals surface area contributed by atoms with Gasteiger partial charge < -0.3 is 4.52 Å². The minimum Gasteiger partial charge on any atom is -0.339 e. The van der Waals surface area contributed by atoms with Crippen LogP contribution in [0.2, 0.25) is 0 Å². The Labute approximate surface area is 163 Å². The molecule has 3 aromatic rings. The molecule has 2 aromatic heterocycles. The average molecular weight is 405 g/mol. The minimum atomic E-state index is -3.72. The summed E-state index contributed by atoms with van der Waals surface area (Å²) < 4.78 is 38.4. The van der Waals surface area contributed by atoms with Crippen LogP contribution >= 0.6 is 0 Å². The highest BCUT2D eigenvalue weighted by Crippen LogP contribution is 2.34. The molecule has 4 rings (SSSR count). The van der Waals surface area contributed by atoms with Crippen LogP contribution in [-0.2, 0) is 10.0 Å². The van der Waals surface area contributed by atoms with Crippen molar-refractivity contribution in [3.8, 4) is 0 Å². The zero-order valence-corrected chi connectivity index (χ0v) is 17.2. The highest BCUT2D eigenvalue weighted by molar-refractivity contribution is 7.89. The van der Waals surface area contributed by atoms with E-state index in [9.17, 15) is 8.42 Å². The quantitative estimate of drug-likeness (QED) is 0.651. The maximum Gasteiger partial charge on any atom is 0.245 e. The van der Waals surface area contributed by atoms with Crippen molar-refractivity contribution < 1.29 is 17.6 Å². The Balaban J connectivity index is 1.58. The molecular formula is C18H23N5O4S. The molecular weight excluding hydrogens is 382 g/mol. The molecule has 0 radical (unpaired) electrons. The molecule has 1 aliphatic heterocycles. The predicted molar refractivity (Wildman–Crippen MR) is 100 cm³/mol. The third-order valence-corrected chi connectivity index (χ3v) is 7.32. The normalized spacial score (nSPS) is 17.0. The van der Waals surface area contributed by atoms with Gasteiger partial charge in [0, 0.05) is 24.9 Å². The molecule has 9 nitrogen and oxygen atoms in total. The maximum absolute atomic E-state index is 13.3. The van der Waals surface area contributed by atoms with Crippen LogP contribution in [0.25, 0.3) is 11.0 Å². The number of fused-ring (bicyclic) bond motifs is 1. The molecule has 3 heterocycles. The van der Waals surface area contributed by atoms with Crippen molar-refractivity contribution in [1.29, 1.82) is 0 Å². The SMILES string of the molecule is Cc1cc(C)c2nonc2c1S(=O)(=O)N1CCC(c2nc(C(C)C)no2)CC1. The third-order valence-electron chi connectivity index (χ3n) is 5.24. The number of piperidine rings is 1. The fourth-order valence-corrected chi connectivity index (χ4v) is 5.48. The second-order valence-corrected chi connectivity index (χ2v) is 9.50. The van der Waals surface area contributed by atoms with Gasteiger partial charge in [0.1, 0.15) is 10.4 Å². The van der Waals surface area contributed by atoms with Gasteiger partial charge in [-0.15, -0.1) is 0 Å². The standard InChI is InChI=1S/C18H23N5O4S/c1-10(2)17-19-18(26-22-17)13-5-7-23(8-6-13)28(24,25)16-12(4)9-11(3)14-15(16)21-27-20-14/h9-10,13H,5-8H2,1-4H3. The zero-order valence-electron chi connectivity index (χ0n) is 16.3. The van der Waals surface area contributed by atoms with Crippen LogP contribution in [0.3, 0.4) is 0 Å². The lowest BCUT2D eigenvalue weighted by Crippen LogP contribution is -2.38. The molecule has 0 atom stereocenters. The van der Waals surface area contributed by atoms with Crippen LogP contribution in [-0.4, -0.2) is 46.3 Å². The third kappa shape index (κ3) is 3.10. The summed E-state index contributed by atoms with van der Waals surface area (Å²) in [6.07, 6.45) is 1.26. The van der Waals surface area contributed by atoms with Gasteiger partial charge in [0.05, 0.1) is 0 Å². The van der Waals surface area contributed by atoms with Gasteiger partial charge in [-0.3, -0.25) is 0 Å². The summed E-state index contributed by atoms with van der Waals surface area (Å²) in [5.41, 5.74) is 2.24. The van der Waals surface area contributed by atoms with E-state index in [4.69, 9.17) is 9.15 Å². The first kappa shape index (κ1) is 19.0. The van der Waals surface area contributed by atoms with E-state index in [1.54, 1.807) is 13.0 Å². The van der Waals surface area contributed by atoms with E-state index in [0.717, 1.165) is 5.56 Å². The maximum atomic E-state index is 13.3. The lowest BCUT2D eigenvalue weighted by Gasteiger charge is -2.30. The molecule has 28 heavy (non-hydrogen) atoms. The number of sulfonamides is 1. The molecule has 0 amide bonds. The molecule has 0 spiro atoms. The van der Waals surface area contributed by atoms with Crippen molar-refractivity contribution in [2.45, 2.75) is 57.3 Å². The van der Waals surface area contributed by atoms with Crippen LogP contribution in [0.4, 0.5) is 0 Å². The highest BCUT2D eigenvalue weighted by atomic mass is 32.2. The number of aromatic nitrogens is 4. The summed E-state index contributed by atoms with van der Waals surface area (Å²) >= 11 is 0. The van der Waals surface area contributed by atoms with Crippen molar-refractivity contribution in [3.05, 3.63) is 28.9 Å². The molecule has 1 aliphatic rings. The number of nitrogens with zero attached hydrogens (tertiary/aromatic N) is 5. The summed E-state index contributed by atoms with van der Waals surface area (Å²) in [5.74, 6) is 1.54. The number of rotatable bonds is 4. The van der Waals surface area contributed by atoms with E-state index < -0.39 is 10.0 Å². The van der Waals surface area contributed by atoms with Gasteiger partial charge in [0.25, 0.3) is 0 Å². The Hall–Kier alpha value is -2.33. The van der Waals surface area contributed by atoms with Crippen molar-refractivity contribution in [2.75, 3.05) is 13.1 Å². The zero-order chi connectivity index (χ0) is 20.1. The van der Waals surface area contributed by atoms with E-state index in [-0.39, 0.29) is 22.2 Å². The molecule has 0 aliphatic carbocycles. The van der Waals surface area contributed by atoms with E-state index in [1.165, 1.54) is 4.31 Å². The average Bonchev–Trinajstić information content (AvgIpc) is 3.31. The molecule has 10 heteroatoms. The summed E-state index contributed by atoms with van der Waals surface area (Å²) in [6, 6.07) is 1.80. The summed E-state index contributed by atoms with van der Waals surface area (Å²) in [6.45, 7) is 8.41. The minimum absolute atomic E-state index is 0.0688. The molecule has 1 fully saturated rings. The van der Waals surface area contributed by atoms with Crippen LogP contribution in [0.5, 0.6) is 0 Å². The van der Waals surface area contributed by atoms with Crippen molar-refractivity contribution in [3.63, 3.8) is 0 Å². The second kappa shape index (κ2) is 6.93. The van der Waals surface area contributed by atoms with Gasteiger partial charge in [0.15, 0.2) is 11.3 Å². The number of aryl methyl sites for hydroxylation is 2. The number of hydrogen-bond donors (Lipinski definition) is 0. The predicted octanol–water partition coefficient (Wildman–Crippen LogP) is 2.91. The van der Waals surface area contributed by atoms with E-state index in [1.807, 2.05) is 20.8 Å². The Kier molecular flexibility index (Phi) is 4.70. The molecule has 0 bridgehead atoms. The molecule has 150 valence electrons. The van der Waals surface area contributed by atoms with Crippen LogP contribution in [0.1, 0.15) is 61.4 Å². The monoisotopic (exact) mass is 405 g/mol. The van der Waals surface area contributed by atoms with Crippen molar-refractivity contribution >= 4 is 21.1 Å². The number of benzene rings is 1. The van der Waals surface area contributed by atoms with E-state index in [0.29, 0.717) is 48.7 Å². The molecule has 0 N–H and O–H groups in total. The van der Waals surface area contributed by atoms with Crippen molar-refractivity contribution in [1.82, 2.24) is 24.8 Å². The van der Waals surface area contributed by atoms with Crippen LogP contribution in [0, 0.1) is 13.8 Å². The first-order valence-corrected chi connectivity index (χ1v) is 10.8. The lowest BCUT2D eigenvalue weighted by atomic mass is 9.98. The summed E-state index contributed by atoms with van der Waals surface area (Å²) in [7, 11) is -3.72. The van der Waals surface area contributed by atoms with Gasteiger partial charge in [-0.1, -0.05) is 25.1 Å². The van der Waals surface area contributed by atoms with Gasteiger partial charge >= 0.3 is 0 Å². The molecule has 0 saturated carbocycles.